The highest BCUT2D eigenvalue weighted by Gasteiger charge is 2.18. The molecule has 0 radical (unpaired) electrons. The average molecular weight is 417 g/mol. The standard InChI is InChI=1S/C21H28N4O3S/c1-24-14-16-25(17-15-24)13-7-12-22-21(26)19-10-5-6-11-20(19)23-29(27,28)18-8-3-2-4-9-18/h2-6,8-11,23H,7,12-17H2,1H3,(H,22,26). The Bertz CT molecular complexity index is 911. The van der Waals surface area contributed by atoms with E-state index in [4.69, 9.17) is 0 Å². The van der Waals surface area contributed by atoms with Gasteiger partial charge in [-0.2, -0.15) is 0 Å². The van der Waals surface area contributed by atoms with Crippen LogP contribution in [-0.4, -0.2) is 70.4 Å². The fourth-order valence-corrected chi connectivity index (χ4v) is 4.35. The average Bonchev–Trinajstić information content (AvgIpc) is 2.73. The first kappa shape index (κ1) is 21.3. The molecule has 1 heterocycles. The number of anilines is 1. The Balaban J connectivity index is 1.56. The number of hydrogen-bond donors (Lipinski definition) is 2. The molecule has 0 unspecified atom stereocenters. The van der Waals surface area contributed by atoms with Crippen LogP contribution in [0.4, 0.5) is 5.69 Å². The fourth-order valence-electron chi connectivity index (χ4n) is 3.24. The summed E-state index contributed by atoms with van der Waals surface area (Å²) >= 11 is 0. The van der Waals surface area contributed by atoms with Crippen LogP contribution in [0.25, 0.3) is 0 Å². The molecule has 1 aliphatic heterocycles. The summed E-state index contributed by atoms with van der Waals surface area (Å²) in [7, 11) is -1.63. The van der Waals surface area contributed by atoms with Crippen molar-refractivity contribution in [1.29, 1.82) is 0 Å². The highest BCUT2D eigenvalue weighted by atomic mass is 32.2. The highest BCUT2D eigenvalue weighted by molar-refractivity contribution is 7.92. The van der Waals surface area contributed by atoms with Gasteiger partial charge in [0, 0.05) is 32.7 Å². The summed E-state index contributed by atoms with van der Waals surface area (Å²) < 4.78 is 27.7. The quantitative estimate of drug-likeness (QED) is 0.642. The second-order valence-electron chi connectivity index (χ2n) is 7.22. The predicted molar refractivity (Wildman–Crippen MR) is 115 cm³/mol. The number of amides is 1. The maximum atomic E-state index is 12.6. The van der Waals surface area contributed by atoms with Gasteiger partial charge in [-0.3, -0.25) is 9.52 Å². The van der Waals surface area contributed by atoms with Crippen molar-refractivity contribution in [2.45, 2.75) is 11.3 Å². The molecule has 0 spiro atoms. The van der Waals surface area contributed by atoms with Crippen molar-refractivity contribution in [1.82, 2.24) is 15.1 Å². The fraction of sp³-hybridized carbons (Fsp3) is 0.381. The summed E-state index contributed by atoms with van der Waals surface area (Å²) in [4.78, 5) is 17.5. The van der Waals surface area contributed by atoms with Gasteiger partial charge in [0.05, 0.1) is 16.1 Å². The second kappa shape index (κ2) is 9.87. The van der Waals surface area contributed by atoms with Gasteiger partial charge in [-0.15, -0.1) is 0 Å². The Labute approximate surface area is 172 Å². The van der Waals surface area contributed by atoms with Crippen LogP contribution in [0.3, 0.4) is 0 Å². The van der Waals surface area contributed by atoms with E-state index in [1.807, 2.05) is 0 Å². The molecule has 3 rings (SSSR count). The molecule has 0 atom stereocenters. The number of benzene rings is 2. The SMILES string of the molecule is CN1CCN(CCCNC(=O)c2ccccc2NS(=O)(=O)c2ccccc2)CC1. The van der Waals surface area contributed by atoms with Crippen LogP contribution in [0.1, 0.15) is 16.8 Å². The van der Waals surface area contributed by atoms with Gasteiger partial charge >= 0.3 is 0 Å². The molecule has 2 N–H and O–H groups in total. The lowest BCUT2D eigenvalue weighted by molar-refractivity contribution is 0.0950. The number of likely N-dealkylation sites (N-methyl/N-ethyl adjacent to an activating group) is 1. The molecule has 0 aromatic heterocycles. The molecule has 1 saturated heterocycles. The van der Waals surface area contributed by atoms with E-state index in [9.17, 15) is 13.2 Å². The van der Waals surface area contributed by atoms with Crippen LogP contribution in [0.15, 0.2) is 59.5 Å². The molecule has 1 amide bonds. The first-order chi connectivity index (χ1) is 14.0. The van der Waals surface area contributed by atoms with Crippen molar-refractivity contribution in [2.75, 3.05) is 51.0 Å². The zero-order valence-electron chi connectivity index (χ0n) is 16.7. The molecular formula is C21H28N4O3S. The minimum Gasteiger partial charge on any atom is -0.352 e. The van der Waals surface area contributed by atoms with Crippen molar-refractivity contribution in [3.05, 3.63) is 60.2 Å². The van der Waals surface area contributed by atoms with Crippen molar-refractivity contribution >= 4 is 21.6 Å². The molecule has 2 aromatic carbocycles. The first-order valence-corrected chi connectivity index (χ1v) is 11.3. The minimum atomic E-state index is -3.75. The molecule has 1 fully saturated rings. The van der Waals surface area contributed by atoms with Crippen LogP contribution in [-0.2, 0) is 10.0 Å². The molecule has 2 aromatic rings. The predicted octanol–water partition coefficient (Wildman–Crippen LogP) is 1.85. The highest BCUT2D eigenvalue weighted by Crippen LogP contribution is 2.20. The largest absolute Gasteiger partial charge is 0.352 e. The van der Waals surface area contributed by atoms with E-state index < -0.39 is 10.0 Å². The Hall–Kier alpha value is -2.42. The minimum absolute atomic E-state index is 0.155. The number of carbonyl (C=O) groups is 1. The van der Waals surface area contributed by atoms with Crippen molar-refractivity contribution < 1.29 is 13.2 Å². The molecule has 0 aliphatic carbocycles. The second-order valence-corrected chi connectivity index (χ2v) is 8.90. The zero-order valence-corrected chi connectivity index (χ0v) is 17.5. The summed E-state index contributed by atoms with van der Waals surface area (Å²) in [5.41, 5.74) is 0.583. The van der Waals surface area contributed by atoms with Crippen molar-refractivity contribution in [3.63, 3.8) is 0 Å². The number of rotatable bonds is 8. The number of hydrogen-bond acceptors (Lipinski definition) is 5. The smallest absolute Gasteiger partial charge is 0.261 e. The van der Waals surface area contributed by atoms with Crippen molar-refractivity contribution in [2.24, 2.45) is 0 Å². The number of sulfonamides is 1. The van der Waals surface area contributed by atoms with Gasteiger partial charge < -0.3 is 15.1 Å². The van der Waals surface area contributed by atoms with Crippen molar-refractivity contribution in [3.8, 4) is 0 Å². The third-order valence-electron chi connectivity index (χ3n) is 5.00. The Kier molecular flexibility index (Phi) is 7.24. The molecular weight excluding hydrogens is 388 g/mol. The summed E-state index contributed by atoms with van der Waals surface area (Å²) in [6.07, 6.45) is 0.855. The lowest BCUT2D eigenvalue weighted by atomic mass is 10.1. The van der Waals surface area contributed by atoms with E-state index in [-0.39, 0.29) is 16.5 Å². The number of nitrogens with zero attached hydrogens (tertiary/aromatic N) is 2. The van der Waals surface area contributed by atoms with E-state index in [1.54, 1.807) is 42.5 Å². The van der Waals surface area contributed by atoms with Crippen LogP contribution in [0.2, 0.25) is 0 Å². The van der Waals surface area contributed by atoms with E-state index in [0.29, 0.717) is 12.1 Å². The lowest BCUT2D eigenvalue weighted by Gasteiger charge is -2.32. The van der Waals surface area contributed by atoms with Crippen LogP contribution in [0.5, 0.6) is 0 Å². The van der Waals surface area contributed by atoms with Crippen LogP contribution in [0, 0.1) is 0 Å². The van der Waals surface area contributed by atoms with Crippen LogP contribution >= 0.6 is 0 Å². The summed E-state index contributed by atoms with van der Waals surface area (Å²) in [6, 6.07) is 14.8. The topological polar surface area (TPSA) is 81.8 Å². The molecule has 156 valence electrons. The third kappa shape index (κ3) is 6.03. The summed E-state index contributed by atoms with van der Waals surface area (Å²) in [5.74, 6) is -0.283. The number of carbonyl (C=O) groups excluding carboxylic acids is 1. The first-order valence-electron chi connectivity index (χ1n) is 9.82. The van der Waals surface area contributed by atoms with E-state index in [1.165, 1.54) is 12.1 Å². The van der Waals surface area contributed by atoms with Gasteiger partial charge in [0.25, 0.3) is 15.9 Å². The maximum absolute atomic E-state index is 12.6. The third-order valence-corrected chi connectivity index (χ3v) is 6.38. The summed E-state index contributed by atoms with van der Waals surface area (Å²) in [5, 5.41) is 2.90. The monoisotopic (exact) mass is 416 g/mol. The van der Waals surface area contributed by atoms with E-state index >= 15 is 0 Å². The molecule has 0 saturated carbocycles. The lowest BCUT2D eigenvalue weighted by Crippen LogP contribution is -2.45. The number of piperazine rings is 1. The van der Waals surface area contributed by atoms with Gasteiger partial charge in [-0.25, -0.2) is 8.42 Å². The van der Waals surface area contributed by atoms with E-state index in [2.05, 4.69) is 26.9 Å². The van der Waals surface area contributed by atoms with Crippen LogP contribution < -0.4 is 10.0 Å². The van der Waals surface area contributed by atoms with Gasteiger partial charge in [-0.05, 0) is 44.3 Å². The molecule has 1 aliphatic rings. The molecule has 8 heteroatoms. The van der Waals surface area contributed by atoms with E-state index in [0.717, 1.165) is 39.1 Å². The zero-order chi connectivity index (χ0) is 20.7. The summed E-state index contributed by atoms with van der Waals surface area (Å²) in [6.45, 7) is 5.73. The number of nitrogens with one attached hydrogen (secondary N) is 2. The maximum Gasteiger partial charge on any atom is 0.261 e. The molecule has 0 bridgehead atoms. The van der Waals surface area contributed by atoms with Gasteiger partial charge in [-0.1, -0.05) is 30.3 Å². The Morgan fingerprint density at radius 3 is 2.34 bits per heavy atom. The molecule has 29 heavy (non-hydrogen) atoms. The Morgan fingerprint density at radius 2 is 1.62 bits per heavy atom. The normalized spacial score (nSPS) is 15.8. The van der Waals surface area contributed by atoms with Gasteiger partial charge in [0.15, 0.2) is 0 Å². The van der Waals surface area contributed by atoms with Gasteiger partial charge in [0.2, 0.25) is 0 Å². The number of para-hydroxylation sites is 1. The molecule has 7 nitrogen and oxygen atoms in total. The Morgan fingerprint density at radius 1 is 0.966 bits per heavy atom. The van der Waals surface area contributed by atoms with Gasteiger partial charge in [0.1, 0.15) is 0 Å².